The lowest BCUT2D eigenvalue weighted by atomic mass is 9.97. The highest BCUT2D eigenvalue weighted by Gasteiger charge is 2.41. The van der Waals surface area contributed by atoms with Crippen LogP contribution in [0.4, 0.5) is 4.79 Å². The van der Waals surface area contributed by atoms with Crippen molar-refractivity contribution in [3.63, 3.8) is 0 Å². The Labute approximate surface area is 183 Å². The molecule has 0 aromatic carbocycles. The van der Waals surface area contributed by atoms with Crippen molar-refractivity contribution >= 4 is 23.9 Å². The molecule has 3 amide bonds. The topological polar surface area (TPSA) is 105 Å². The number of esters is 1. The number of nitrogens with one attached hydrogen (secondary N) is 1. The number of likely N-dealkylation sites (tertiary alicyclic amines) is 1. The number of allylic oxidation sites excluding steroid dienone is 4. The summed E-state index contributed by atoms with van der Waals surface area (Å²) < 4.78 is 10.1. The van der Waals surface area contributed by atoms with E-state index in [0.29, 0.717) is 6.42 Å². The van der Waals surface area contributed by atoms with Crippen molar-refractivity contribution < 1.29 is 28.7 Å². The minimum Gasteiger partial charge on any atom is -0.467 e. The largest absolute Gasteiger partial charge is 0.467 e. The molecule has 31 heavy (non-hydrogen) atoms. The number of nitrogens with zero attached hydrogens (tertiary/aromatic N) is 2. The molecule has 1 fully saturated rings. The van der Waals surface area contributed by atoms with E-state index in [-0.39, 0.29) is 37.4 Å². The lowest BCUT2D eigenvalue weighted by Crippen LogP contribution is -2.47. The van der Waals surface area contributed by atoms with Gasteiger partial charge in [-0.3, -0.25) is 9.59 Å². The van der Waals surface area contributed by atoms with E-state index in [0.717, 1.165) is 11.3 Å². The monoisotopic (exact) mass is 435 g/mol. The quantitative estimate of drug-likeness (QED) is 0.636. The highest BCUT2D eigenvalue weighted by atomic mass is 16.6. The molecule has 2 rings (SSSR count). The van der Waals surface area contributed by atoms with Crippen molar-refractivity contribution in [3.8, 4) is 0 Å². The number of rotatable bonds is 6. The third kappa shape index (κ3) is 7.41. The van der Waals surface area contributed by atoms with Crippen molar-refractivity contribution in [2.45, 2.75) is 57.7 Å². The summed E-state index contributed by atoms with van der Waals surface area (Å²) in [5, 5.41) is 2.92. The maximum atomic E-state index is 12.8. The molecule has 1 N–H and O–H groups in total. The molecule has 1 aliphatic heterocycles. The smallest absolute Gasteiger partial charge is 0.410 e. The summed E-state index contributed by atoms with van der Waals surface area (Å²) in [4.78, 5) is 52.2. The Morgan fingerprint density at radius 2 is 1.90 bits per heavy atom. The van der Waals surface area contributed by atoms with E-state index in [1.165, 1.54) is 19.1 Å². The first-order chi connectivity index (χ1) is 14.5. The predicted molar refractivity (Wildman–Crippen MR) is 114 cm³/mol. The van der Waals surface area contributed by atoms with Crippen LogP contribution in [0.15, 0.2) is 24.3 Å². The lowest BCUT2D eigenvalue weighted by Gasteiger charge is -2.27. The fraction of sp³-hybridized carbons (Fsp3) is 0.636. The van der Waals surface area contributed by atoms with Crippen molar-refractivity contribution in [2.75, 3.05) is 27.2 Å². The Balaban J connectivity index is 1.97. The minimum absolute atomic E-state index is 0.126. The van der Waals surface area contributed by atoms with Crippen LogP contribution in [0.25, 0.3) is 0 Å². The van der Waals surface area contributed by atoms with Gasteiger partial charge in [0.1, 0.15) is 18.2 Å². The van der Waals surface area contributed by atoms with Gasteiger partial charge in [-0.25, -0.2) is 9.59 Å². The summed E-state index contributed by atoms with van der Waals surface area (Å²) in [6.07, 6.45) is 8.66. The zero-order chi connectivity index (χ0) is 23.2. The van der Waals surface area contributed by atoms with Crippen LogP contribution in [0, 0.1) is 5.92 Å². The third-order valence-electron chi connectivity index (χ3n) is 5.05. The first-order valence-electron chi connectivity index (χ1n) is 10.4. The van der Waals surface area contributed by atoms with Gasteiger partial charge >= 0.3 is 12.1 Å². The number of ether oxygens (including phenoxy) is 2. The van der Waals surface area contributed by atoms with Gasteiger partial charge in [-0.15, -0.1) is 0 Å². The first-order valence-corrected chi connectivity index (χ1v) is 10.4. The second-order valence-electron chi connectivity index (χ2n) is 8.93. The van der Waals surface area contributed by atoms with Gasteiger partial charge in [0.05, 0.1) is 7.11 Å². The number of carbonyl (C=O) groups excluding carboxylic acids is 4. The molecule has 172 valence electrons. The average molecular weight is 436 g/mol. The number of amides is 3. The van der Waals surface area contributed by atoms with Crippen LogP contribution >= 0.6 is 0 Å². The molecule has 1 unspecified atom stereocenters. The molecule has 0 aromatic heterocycles. The van der Waals surface area contributed by atoms with E-state index in [1.54, 1.807) is 20.8 Å². The Kier molecular flexibility index (Phi) is 8.24. The zero-order valence-corrected chi connectivity index (χ0v) is 18.9. The molecule has 0 spiro atoms. The van der Waals surface area contributed by atoms with E-state index in [9.17, 15) is 19.2 Å². The van der Waals surface area contributed by atoms with Gasteiger partial charge in [0.15, 0.2) is 0 Å². The normalized spacial score (nSPS) is 22.7. The Morgan fingerprint density at radius 1 is 1.19 bits per heavy atom. The molecular formula is C22H33N3O6. The van der Waals surface area contributed by atoms with Crippen LogP contribution in [0.2, 0.25) is 0 Å². The summed E-state index contributed by atoms with van der Waals surface area (Å²) in [5.41, 5.74) is -0.685. The fourth-order valence-electron chi connectivity index (χ4n) is 3.58. The molecule has 9 heteroatoms. The van der Waals surface area contributed by atoms with Crippen molar-refractivity contribution in [2.24, 2.45) is 5.92 Å². The van der Waals surface area contributed by atoms with Crippen LogP contribution in [-0.2, 0) is 23.9 Å². The summed E-state index contributed by atoms with van der Waals surface area (Å²) in [5.74, 6) is -0.951. The maximum Gasteiger partial charge on any atom is 0.410 e. The van der Waals surface area contributed by atoms with Gasteiger partial charge in [0.25, 0.3) is 0 Å². The van der Waals surface area contributed by atoms with Crippen molar-refractivity contribution in [3.05, 3.63) is 24.3 Å². The molecule has 0 radical (unpaired) electrons. The highest BCUT2D eigenvalue weighted by Crippen LogP contribution is 2.21. The van der Waals surface area contributed by atoms with E-state index >= 15 is 0 Å². The molecular weight excluding hydrogens is 402 g/mol. The van der Waals surface area contributed by atoms with Crippen LogP contribution in [0.5, 0.6) is 0 Å². The van der Waals surface area contributed by atoms with Gasteiger partial charge < -0.3 is 24.6 Å². The summed E-state index contributed by atoms with van der Waals surface area (Å²) >= 11 is 0. The van der Waals surface area contributed by atoms with E-state index in [1.807, 2.05) is 24.3 Å². The van der Waals surface area contributed by atoms with Crippen LogP contribution in [0.1, 0.15) is 40.0 Å². The molecule has 1 heterocycles. The number of likely N-dealkylation sites (N-methyl/N-ethyl adjacent to an activating group) is 1. The molecule has 1 saturated heterocycles. The summed E-state index contributed by atoms with van der Waals surface area (Å²) in [6, 6.07) is -1.18. The van der Waals surface area contributed by atoms with Crippen LogP contribution in [0.3, 0.4) is 0 Å². The number of carbonyl (C=O) groups is 4. The van der Waals surface area contributed by atoms with Gasteiger partial charge in [0, 0.05) is 32.5 Å². The molecule has 0 saturated carbocycles. The Bertz CT molecular complexity index is 755. The van der Waals surface area contributed by atoms with Crippen molar-refractivity contribution in [1.82, 2.24) is 15.1 Å². The lowest BCUT2D eigenvalue weighted by molar-refractivity contribution is -0.151. The van der Waals surface area contributed by atoms with Gasteiger partial charge in [-0.05, 0) is 33.1 Å². The Morgan fingerprint density at radius 3 is 2.48 bits per heavy atom. The van der Waals surface area contributed by atoms with Gasteiger partial charge in [-0.2, -0.15) is 0 Å². The number of hydrogen-bond donors (Lipinski definition) is 1. The number of hydrogen-bond acceptors (Lipinski definition) is 6. The first kappa shape index (κ1) is 24.4. The summed E-state index contributed by atoms with van der Waals surface area (Å²) in [7, 11) is 2.72. The van der Waals surface area contributed by atoms with Crippen molar-refractivity contribution in [1.29, 1.82) is 0 Å². The van der Waals surface area contributed by atoms with Gasteiger partial charge in [0.2, 0.25) is 11.8 Å². The molecule has 2 aliphatic rings. The van der Waals surface area contributed by atoms with Crippen LogP contribution in [-0.4, -0.2) is 78.6 Å². The SMILES string of the molecule is COC(=O)[C@@H]1C[C@@H](NC(=O)CC2C=CC=CC2)CN1C(=O)CN(C)C(=O)OC(C)(C)C. The maximum absolute atomic E-state index is 12.8. The highest BCUT2D eigenvalue weighted by molar-refractivity contribution is 5.88. The number of methoxy groups -OCH3 is 1. The molecule has 3 atom stereocenters. The molecule has 1 aliphatic carbocycles. The standard InChI is InChI=1S/C22H33N3O6/c1-22(2,3)31-21(29)24(4)14-19(27)25-13-16(12-17(25)20(28)30-5)23-18(26)11-15-9-7-6-8-10-15/h6-9,15-17H,10-14H2,1-5H3,(H,23,26)/t15?,16-,17+/m1/s1. The van der Waals surface area contributed by atoms with E-state index in [4.69, 9.17) is 9.47 Å². The fourth-order valence-corrected chi connectivity index (χ4v) is 3.58. The zero-order valence-electron chi connectivity index (χ0n) is 18.9. The minimum atomic E-state index is -0.813. The Hall–Kier alpha value is -2.84. The second-order valence-corrected chi connectivity index (χ2v) is 8.93. The van der Waals surface area contributed by atoms with E-state index < -0.39 is 29.6 Å². The summed E-state index contributed by atoms with van der Waals surface area (Å²) in [6.45, 7) is 5.14. The predicted octanol–water partition coefficient (Wildman–Crippen LogP) is 1.63. The average Bonchev–Trinajstić information content (AvgIpc) is 3.10. The second kappa shape index (κ2) is 10.5. The molecule has 0 bridgehead atoms. The molecule has 0 aromatic rings. The third-order valence-corrected chi connectivity index (χ3v) is 5.05. The molecule has 9 nitrogen and oxygen atoms in total. The van der Waals surface area contributed by atoms with E-state index in [2.05, 4.69) is 5.32 Å². The van der Waals surface area contributed by atoms with Crippen LogP contribution < -0.4 is 5.32 Å². The van der Waals surface area contributed by atoms with Gasteiger partial charge in [-0.1, -0.05) is 24.3 Å².